The molecule has 0 saturated heterocycles. The number of unbranched alkanes of at least 4 members (excludes halogenated alkanes) is 4. The highest BCUT2D eigenvalue weighted by atomic mass is 16.5. The van der Waals surface area contributed by atoms with Gasteiger partial charge >= 0.3 is 0 Å². The minimum Gasteiger partial charge on any atom is -0.494 e. The van der Waals surface area contributed by atoms with Gasteiger partial charge in [-0.25, -0.2) is 4.68 Å². The molecule has 30 heavy (non-hydrogen) atoms. The fraction of sp³-hybridized carbons (Fsp3) is 0.652. The normalized spacial score (nSPS) is 11.2. The molecule has 7 nitrogen and oxygen atoms in total. The van der Waals surface area contributed by atoms with Crippen LogP contribution in [0.2, 0.25) is 0 Å². The van der Waals surface area contributed by atoms with Crippen molar-refractivity contribution < 1.29 is 4.74 Å². The largest absolute Gasteiger partial charge is 0.494 e. The number of hydrogen-bond donors (Lipinski definition) is 2. The maximum Gasteiger partial charge on any atom is 0.241 e. The van der Waals surface area contributed by atoms with Crippen LogP contribution < -0.4 is 15.8 Å². The summed E-state index contributed by atoms with van der Waals surface area (Å²) in [5, 5.41) is 7.25. The Labute approximate surface area is 182 Å². The summed E-state index contributed by atoms with van der Waals surface area (Å²) in [4.78, 5) is 6.72. The van der Waals surface area contributed by atoms with Gasteiger partial charge in [-0.05, 0) is 50.0 Å². The highest BCUT2D eigenvalue weighted by Crippen LogP contribution is 2.16. The van der Waals surface area contributed by atoms with E-state index in [2.05, 4.69) is 52.3 Å². The molecule has 1 aromatic carbocycles. The summed E-state index contributed by atoms with van der Waals surface area (Å²) < 4.78 is 7.61. The van der Waals surface area contributed by atoms with E-state index in [4.69, 9.17) is 10.5 Å². The number of hydrogen-bond acceptors (Lipinski definition) is 6. The van der Waals surface area contributed by atoms with Crippen LogP contribution in [0.25, 0.3) is 0 Å². The average molecular weight is 417 g/mol. The second-order valence-corrected chi connectivity index (χ2v) is 7.88. The first-order valence-electron chi connectivity index (χ1n) is 11.5. The molecule has 3 N–H and O–H groups in total. The molecule has 7 heteroatoms. The van der Waals surface area contributed by atoms with Crippen LogP contribution in [0.4, 0.5) is 11.9 Å². The van der Waals surface area contributed by atoms with E-state index in [1.807, 2.05) is 13.1 Å². The number of nitrogens with two attached hydrogens (primary N) is 1. The van der Waals surface area contributed by atoms with Gasteiger partial charge in [-0.2, -0.15) is 4.98 Å². The van der Waals surface area contributed by atoms with E-state index in [0.717, 1.165) is 25.3 Å². The molecule has 0 aliphatic heterocycles. The summed E-state index contributed by atoms with van der Waals surface area (Å²) in [6.07, 6.45) is 8.62. The lowest BCUT2D eigenvalue weighted by atomic mass is 10.1. The molecule has 168 valence electrons. The van der Waals surface area contributed by atoms with Gasteiger partial charge in [0.1, 0.15) is 5.75 Å². The Balaban J connectivity index is 1.75. The lowest BCUT2D eigenvalue weighted by Gasteiger charge is -2.22. The van der Waals surface area contributed by atoms with E-state index in [9.17, 15) is 0 Å². The number of aromatic nitrogens is 3. The summed E-state index contributed by atoms with van der Waals surface area (Å²) in [6.45, 7) is 9.29. The average Bonchev–Trinajstić information content (AvgIpc) is 3.06. The number of anilines is 2. The van der Waals surface area contributed by atoms with Gasteiger partial charge in [0.15, 0.2) is 0 Å². The SMILES string of the molecule is CCCCCCN(CCCC)Cc1cccc(OCCCNc2nc(N)nn2C)c1. The molecule has 0 aliphatic rings. The van der Waals surface area contributed by atoms with Gasteiger partial charge in [0.2, 0.25) is 11.9 Å². The maximum absolute atomic E-state index is 5.97. The molecule has 0 unspecified atom stereocenters. The second kappa shape index (κ2) is 13.9. The Morgan fingerprint density at radius 3 is 2.60 bits per heavy atom. The van der Waals surface area contributed by atoms with Crippen LogP contribution in [0.1, 0.15) is 64.4 Å². The first-order valence-corrected chi connectivity index (χ1v) is 11.5. The van der Waals surface area contributed by atoms with Gasteiger partial charge < -0.3 is 15.8 Å². The zero-order chi connectivity index (χ0) is 21.6. The molecule has 0 atom stereocenters. The molecule has 0 aliphatic carbocycles. The van der Waals surface area contributed by atoms with Gasteiger partial charge in [-0.15, -0.1) is 5.10 Å². The Morgan fingerprint density at radius 1 is 1.07 bits per heavy atom. The lowest BCUT2D eigenvalue weighted by molar-refractivity contribution is 0.254. The second-order valence-electron chi connectivity index (χ2n) is 7.88. The van der Waals surface area contributed by atoms with Gasteiger partial charge in [-0.3, -0.25) is 4.90 Å². The van der Waals surface area contributed by atoms with Gasteiger partial charge in [0.25, 0.3) is 0 Å². The molecule has 1 aromatic heterocycles. The molecule has 0 spiro atoms. The summed E-state index contributed by atoms with van der Waals surface area (Å²) in [7, 11) is 1.82. The van der Waals surface area contributed by atoms with E-state index in [1.165, 1.54) is 57.2 Å². The molecule has 0 amide bonds. The van der Waals surface area contributed by atoms with E-state index in [0.29, 0.717) is 12.6 Å². The third-order valence-corrected chi connectivity index (χ3v) is 5.11. The predicted octanol–water partition coefficient (Wildman–Crippen LogP) is 4.46. The van der Waals surface area contributed by atoms with Crippen molar-refractivity contribution in [1.29, 1.82) is 0 Å². The van der Waals surface area contributed by atoms with E-state index < -0.39 is 0 Å². The number of benzene rings is 1. The first-order chi connectivity index (χ1) is 14.6. The van der Waals surface area contributed by atoms with Crippen molar-refractivity contribution in [2.24, 2.45) is 7.05 Å². The number of nitrogen functional groups attached to an aromatic ring is 1. The fourth-order valence-electron chi connectivity index (χ4n) is 3.43. The monoisotopic (exact) mass is 416 g/mol. The number of aryl methyl sites for hydroxylation is 1. The third kappa shape index (κ3) is 9.03. The van der Waals surface area contributed by atoms with Crippen molar-refractivity contribution in [3.05, 3.63) is 29.8 Å². The number of nitrogens with zero attached hydrogens (tertiary/aromatic N) is 4. The van der Waals surface area contributed by atoms with Crippen molar-refractivity contribution in [3.8, 4) is 5.75 Å². The van der Waals surface area contributed by atoms with Crippen molar-refractivity contribution in [2.45, 2.75) is 65.3 Å². The highest BCUT2D eigenvalue weighted by molar-refractivity contribution is 5.31. The minimum atomic E-state index is 0.284. The van der Waals surface area contributed by atoms with Crippen molar-refractivity contribution >= 4 is 11.9 Å². The van der Waals surface area contributed by atoms with Crippen LogP contribution in [-0.2, 0) is 13.6 Å². The summed E-state index contributed by atoms with van der Waals surface area (Å²) in [5.74, 6) is 1.91. The lowest BCUT2D eigenvalue weighted by Crippen LogP contribution is -2.25. The Morgan fingerprint density at radius 2 is 1.87 bits per heavy atom. The smallest absolute Gasteiger partial charge is 0.241 e. The van der Waals surface area contributed by atoms with Crippen molar-refractivity contribution in [2.75, 3.05) is 37.3 Å². The zero-order valence-corrected chi connectivity index (χ0v) is 19.1. The molecule has 2 rings (SSSR count). The van der Waals surface area contributed by atoms with Crippen LogP contribution in [0.3, 0.4) is 0 Å². The molecule has 1 heterocycles. The third-order valence-electron chi connectivity index (χ3n) is 5.11. The first kappa shape index (κ1) is 24.0. The fourth-order valence-corrected chi connectivity index (χ4v) is 3.43. The predicted molar refractivity (Wildman–Crippen MR) is 125 cm³/mol. The Kier molecular flexibility index (Phi) is 11.1. The Bertz CT molecular complexity index is 717. The van der Waals surface area contributed by atoms with Gasteiger partial charge in [0, 0.05) is 20.1 Å². The number of nitrogens with one attached hydrogen (secondary N) is 1. The highest BCUT2D eigenvalue weighted by Gasteiger charge is 2.07. The topological polar surface area (TPSA) is 81.2 Å². The molecule has 0 fully saturated rings. The van der Waals surface area contributed by atoms with Crippen molar-refractivity contribution in [1.82, 2.24) is 19.7 Å². The molecule has 0 bridgehead atoms. The van der Waals surface area contributed by atoms with Gasteiger partial charge in [0.05, 0.1) is 6.61 Å². The van der Waals surface area contributed by atoms with Crippen LogP contribution in [0.15, 0.2) is 24.3 Å². The van der Waals surface area contributed by atoms with Crippen LogP contribution in [0.5, 0.6) is 5.75 Å². The zero-order valence-electron chi connectivity index (χ0n) is 19.1. The van der Waals surface area contributed by atoms with Crippen molar-refractivity contribution in [3.63, 3.8) is 0 Å². The molecule has 0 radical (unpaired) electrons. The summed E-state index contributed by atoms with van der Waals surface area (Å²) in [5.41, 5.74) is 6.92. The summed E-state index contributed by atoms with van der Waals surface area (Å²) >= 11 is 0. The van der Waals surface area contributed by atoms with Crippen LogP contribution in [-0.4, -0.2) is 45.9 Å². The molecule has 0 saturated carbocycles. The van der Waals surface area contributed by atoms with E-state index in [1.54, 1.807) is 4.68 Å². The standard InChI is InChI=1S/C23H40N6O/c1-4-6-8-9-16-29(15-7-5-2)19-20-12-10-13-21(18-20)30-17-11-14-25-23-26-22(24)27-28(23)3/h10,12-13,18H,4-9,11,14-17,19H2,1-3H3,(H3,24,25,26,27). The van der Waals surface area contributed by atoms with Crippen LogP contribution in [0, 0.1) is 0 Å². The quantitative estimate of drug-likeness (QED) is 0.393. The van der Waals surface area contributed by atoms with E-state index in [-0.39, 0.29) is 5.95 Å². The Hall–Kier alpha value is -2.28. The van der Waals surface area contributed by atoms with Gasteiger partial charge in [-0.1, -0.05) is 51.7 Å². The minimum absolute atomic E-state index is 0.284. The van der Waals surface area contributed by atoms with Crippen LogP contribution >= 0.6 is 0 Å². The van der Waals surface area contributed by atoms with E-state index >= 15 is 0 Å². The maximum atomic E-state index is 5.97. The number of ether oxygens (including phenoxy) is 1. The molecular weight excluding hydrogens is 376 g/mol. The number of rotatable bonds is 16. The summed E-state index contributed by atoms with van der Waals surface area (Å²) in [6, 6.07) is 8.53. The molecule has 2 aromatic rings. The molecular formula is C23H40N6O.